The van der Waals surface area contributed by atoms with Gasteiger partial charge in [0.05, 0.1) is 5.82 Å². The average Bonchev–Trinajstić information content (AvgIpc) is 2.50. The van der Waals surface area contributed by atoms with Crippen LogP contribution in [0.3, 0.4) is 0 Å². The summed E-state index contributed by atoms with van der Waals surface area (Å²) in [6, 6.07) is 9.75. The fraction of sp³-hybridized carbons (Fsp3) is 0.353. The molecule has 0 saturated heterocycles. The molecule has 3 heteroatoms. The van der Waals surface area contributed by atoms with Crippen molar-refractivity contribution < 1.29 is 9.53 Å². The summed E-state index contributed by atoms with van der Waals surface area (Å²) in [6.07, 6.45) is 9.07. The third kappa shape index (κ3) is 3.63. The number of hydrogen-bond acceptors (Lipinski definition) is 2. The van der Waals surface area contributed by atoms with Crippen LogP contribution < -0.4 is 0 Å². The Balaban J connectivity index is 1.99. The molecule has 1 aliphatic carbocycles. The Morgan fingerprint density at radius 1 is 1.30 bits per heavy atom. The second kappa shape index (κ2) is 7.13. The van der Waals surface area contributed by atoms with Crippen molar-refractivity contribution in [1.29, 1.82) is 0 Å². The highest BCUT2D eigenvalue weighted by atomic mass is 16.5. The second-order valence-corrected chi connectivity index (χ2v) is 5.08. The first-order chi connectivity index (χ1) is 9.72. The van der Waals surface area contributed by atoms with Gasteiger partial charge in [-0.05, 0) is 18.9 Å². The zero-order valence-corrected chi connectivity index (χ0v) is 12.0. The Labute approximate surface area is 121 Å². The van der Waals surface area contributed by atoms with Crippen molar-refractivity contribution in [3.05, 3.63) is 60.2 Å². The number of ether oxygens (including phenoxy) is 1. The zero-order chi connectivity index (χ0) is 14.4. The van der Waals surface area contributed by atoms with Gasteiger partial charge in [-0.2, -0.15) is 0 Å². The van der Waals surface area contributed by atoms with E-state index in [4.69, 9.17) is 4.74 Å². The molecule has 0 fully saturated rings. The van der Waals surface area contributed by atoms with E-state index in [1.54, 1.807) is 0 Å². The van der Waals surface area contributed by atoms with Gasteiger partial charge in [0.25, 0.3) is 0 Å². The molecule has 0 aromatic heterocycles. The minimum Gasteiger partial charge on any atom is -0.462 e. The van der Waals surface area contributed by atoms with E-state index in [2.05, 4.69) is 12.2 Å². The monoisotopic (exact) mass is 267 g/mol. The molecule has 103 valence electrons. The molecule has 0 bridgehead atoms. The lowest BCUT2D eigenvalue weighted by atomic mass is 9.64. The highest BCUT2D eigenvalue weighted by molar-refractivity contribution is 6.42. The Bertz CT molecular complexity index is 493. The molecule has 1 aromatic carbocycles. The van der Waals surface area contributed by atoms with Gasteiger partial charge in [0.15, 0.2) is 0 Å². The van der Waals surface area contributed by atoms with E-state index in [0.29, 0.717) is 0 Å². The highest BCUT2D eigenvalue weighted by Crippen LogP contribution is 2.22. The number of esters is 1. The van der Waals surface area contributed by atoms with Crippen molar-refractivity contribution in [2.24, 2.45) is 5.92 Å². The van der Waals surface area contributed by atoms with Gasteiger partial charge >= 0.3 is 5.97 Å². The highest BCUT2D eigenvalue weighted by Gasteiger charge is 2.25. The van der Waals surface area contributed by atoms with Crippen molar-refractivity contribution >= 4 is 13.2 Å². The predicted molar refractivity (Wildman–Crippen MR) is 82.7 cm³/mol. The van der Waals surface area contributed by atoms with Crippen LogP contribution in [-0.2, 0) is 9.53 Å². The smallest absolute Gasteiger partial charge is 0.305 e. The summed E-state index contributed by atoms with van der Waals surface area (Å²) in [4.78, 5) is 12.3. The molecule has 1 radical (unpaired) electrons. The average molecular weight is 267 g/mol. The molecule has 0 aliphatic heterocycles. The first-order valence-electron chi connectivity index (χ1n) is 7.10. The number of benzene rings is 1. The molecule has 0 heterocycles. The van der Waals surface area contributed by atoms with E-state index >= 15 is 0 Å². The van der Waals surface area contributed by atoms with E-state index in [1.807, 2.05) is 63.5 Å². The molecule has 0 spiro atoms. The van der Waals surface area contributed by atoms with Crippen LogP contribution in [0.15, 0.2) is 54.6 Å². The van der Waals surface area contributed by atoms with Crippen LogP contribution in [-0.4, -0.2) is 19.4 Å². The Morgan fingerprint density at radius 3 is 2.65 bits per heavy atom. The quantitative estimate of drug-likeness (QED) is 0.602. The van der Waals surface area contributed by atoms with E-state index in [9.17, 15) is 4.79 Å². The number of hydrogen-bond donors (Lipinski definition) is 0. The van der Waals surface area contributed by atoms with Gasteiger partial charge in [-0.15, -0.1) is 0 Å². The Hall–Kier alpha value is -1.77. The van der Waals surface area contributed by atoms with Crippen LogP contribution in [0, 0.1) is 5.92 Å². The van der Waals surface area contributed by atoms with Crippen molar-refractivity contribution in [1.82, 2.24) is 0 Å². The van der Waals surface area contributed by atoms with Crippen LogP contribution in [0.4, 0.5) is 0 Å². The number of allylic oxidation sites excluding steroid dienone is 3. The van der Waals surface area contributed by atoms with Gasteiger partial charge in [0.1, 0.15) is 13.4 Å². The van der Waals surface area contributed by atoms with Crippen LogP contribution >= 0.6 is 0 Å². The van der Waals surface area contributed by atoms with Gasteiger partial charge in [-0.25, -0.2) is 0 Å². The Morgan fingerprint density at radius 2 is 2.05 bits per heavy atom. The fourth-order valence-corrected chi connectivity index (χ4v) is 2.42. The van der Waals surface area contributed by atoms with E-state index in [0.717, 1.165) is 12.0 Å². The fourth-order valence-electron chi connectivity index (χ4n) is 2.42. The molecule has 0 amide bonds. The lowest BCUT2D eigenvalue weighted by Gasteiger charge is -2.24. The molecule has 0 saturated carbocycles. The molecular weight excluding hydrogens is 247 g/mol. The van der Waals surface area contributed by atoms with Gasteiger partial charge < -0.3 is 4.74 Å². The van der Waals surface area contributed by atoms with Crippen LogP contribution in [0.2, 0.25) is 6.82 Å². The lowest BCUT2D eigenvalue weighted by Crippen LogP contribution is -2.28. The maximum absolute atomic E-state index is 12.3. The molecular formula is C17H20BO2. The van der Waals surface area contributed by atoms with E-state index in [1.165, 1.54) is 0 Å². The van der Waals surface area contributed by atoms with Crippen molar-refractivity contribution in [3.63, 3.8) is 0 Å². The molecule has 3 unspecified atom stereocenters. The molecule has 20 heavy (non-hydrogen) atoms. The molecule has 1 aromatic rings. The number of carbonyl (C=O) groups excluding carboxylic acids is 1. The minimum atomic E-state index is -0.290. The molecule has 2 rings (SSSR count). The first-order valence-corrected chi connectivity index (χ1v) is 7.10. The van der Waals surface area contributed by atoms with Gasteiger partial charge in [0.2, 0.25) is 0 Å². The third-order valence-corrected chi connectivity index (χ3v) is 3.66. The standard InChI is InChI=1S/C17H20BO2/c1-13(14-9-5-3-6-10-14)20-17(19)16(18-2)15-11-7-4-8-12-15/h3-9,11-14,16H,10H2,1-2H3. The van der Waals surface area contributed by atoms with Gasteiger partial charge in [0, 0.05) is 5.92 Å². The van der Waals surface area contributed by atoms with Crippen LogP contribution in [0.25, 0.3) is 0 Å². The first kappa shape index (κ1) is 14.6. The summed E-state index contributed by atoms with van der Waals surface area (Å²) in [5.41, 5.74) is 0.978. The van der Waals surface area contributed by atoms with Crippen molar-refractivity contribution in [3.8, 4) is 0 Å². The van der Waals surface area contributed by atoms with Crippen LogP contribution in [0.1, 0.15) is 24.7 Å². The van der Waals surface area contributed by atoms with Crippen LogP contribution in [0.5, 0.6) is 0 Å². The predicted octanol–water partition coefficient (Wildman–Crippen LogP) is 3.54. The molecule has 0 N–H and O–H groups in total. The van der Waals surface area contributed by atoms with E-state index in [-0.39, 0.29) is 23.8 Å². The third-order valence-electron chi connectivity index (χ3n) is 3.66. The van der Waals surface area contributed by atoms with Crippen molar-refractivity contribution in [2.75, 3.05) is 0 Å². The summed E-state index contributed by atoms with van der Waals surface area (Å²) < 4.78 is 5.64. The summed E-state index contributed by atoms with van der Waals surface area (Å²) >= 11 is 0. The Kier molecular flexibility index (Phi) is 5.22. The summed E-state index contributed by atoms with van der Waals surface area (Å²) in [5.74, 6) is -0.187. The maximum Gasteiger partial charge on any atom is 0.305 e. The minimum absolute atomic E-state index is 0.102. The summed E-state index contributed by atoms with van der Waals surface area (Å²) in [6.45, 7) is 3.86. The second-order valence-electron chi connectivity index (χ2n) is 5.08. The van der Waals surface area contributed by atoms with Gasteiger partial charge in [-0.1, -0.05) is 61.5 Å². The SMILES string of the molecule is C[B]C(C(=O)OC(C)C1C=CC=CC1)c1ccccc1. The number of rotatable bonds is 5. The maximum atomic E-state index is 12.3. The largest absolute Gasteiger partial charge is 0.462 e. The zero-order valence-electron chi connectivity index (χ0n) is 12.0. The lowest BCUT2D eigenvalue weighted by molar-refractivity contribution is -0.149. The summed E-state index contributed by atoms with van der Waals surface area (Å²) in [5, 5.41) is 0. The molecule has 1 aliphatic rings. The van der Waals surface area contributed by atoms with Crippen molar-refractivity contribution in [2.45, 2.75) is 32.1 Å². The topological polar surface area (TPSA) is 26.3 Å². The molecule has 3 atom stereocenters. The van der Waals surface area contributed by atoms with E-state index < -0.39 is 0 Å². The normalized spacial score (nSPS) is 20.2. The van der Waals surface area contributed by atoms with Gasteiger partial charge in [-0.3, -0.25) is 4.79 Å². The number of carbonyl (C=O) groups is 1. The summed E-state index contributed by atoms with van der Waals surface area (Å²) in [7, 11) is 1.89. The molecule has 2 nitrogen and oxygen atoms in total.